The molecule has 5 heteroatoms. The van der Waals surface area contributed by atoms with Crippen molar-refractivity contribution in [1.82, 2.24) is 9.78 Å². The van der Waals surface area contributed by atoms with Crippen LogP contribution in [0.3, 0.4) is 0 Å². The molecule has 4 nitrogen and oxygen atoms in total. The number of rotatable bonds is 4. The summed E-state index contributed by atoms with van der Waals surface area (Å²) < 4.78 is 20.3. The average molecular weight is 231 g/mol. The first-order valence-electron chi connectivity index (χ1n) is 5.10. The molecule has 0 fully saturated rings. The number of ether oxygens (including phenoxy) is 1. The Labute approximate surface area is 97.9 Å². The lowest BCUT2D eigenvalue weighted by molar-refractivity contribution is 0.289. The van der Waals surface area contributed by atoms with Gasteiger partial charge >= 0.3 is 0 Å². The Morgan fingerprint density at radius 3 is 3.00 bits per heavy atom. The van der Waals surface area contributed by atoms with E-state index in [0.29, 0.717) is 13.2 Å². The van der Waals surface area contributed by atoms with Crippen LogP contribution < -0.4 is 4.74 Å². The number of benzene rings is 1. The Kier molecular flexibility index (Phi) is 3.36. The van der Waals surface area contributed by atoms with Gasteiger partial charge in [0.15, 0.2) is 0 Å². The number of hydrogen-bond acceptors (Lipinski definition) is 3. The van der Waals surface area contributed by atoms with Gasteiger partial charge in [0, 0.05) is 12.4 Å². The van der Waals surface area contributed by atoms with Crippen LogP contribution in [0, 0.1) is 17.1 Å². The summed E-state index contributed by atoms with van der Waals surface area (Å²) in [7, 11) is 0. The van der Waals surface area contributed by atoms with Crippen molar-refractivity contribution in [3.8, 4) is 11.8 Å². The van der Waals surface area contributed by atoms with E-state index < -0.39 is 5.82 Å². The van der Waals surface area contributed by atoms with Crippen molar-refractivity contribution in [3.05, 3.63) is 48.0 Å². The van der Waals surface area contributed by atoms with Crippen molar-refractivity contribution in [2.75, 3.05) is 6.61 Å². The summed E-state index contributed by atoms with van der Waals surface area (Å²) >= 11 is 0. The topological polar surface area (TPSA) is 50.8 Å². The first-order chi connectivity index (χ1) is 8.31. The highest BCUT2D eigenvalue weighted by Crippen LogP contribution is 2.20. The van der Waals surface area contributed by atoms with Gasteiger partial charge in [0.25, 0.3) is 0 Å². The van der Waals surface area contributed by atoms with Crippen molar-refractivity contribution in [2.45, 2.75) is 6.54 Å². The summed E-state index contributed by atoms with van der Waals surface area (Å²) in [5.74, 6) is -0.302. The lowest BCUT2D eigenvalue weighted by Crippen LogP contribution is -2.09. The van der Waals surface area contributed by atoms with E-state index in [9.17, 15) is 4.39 Å². The van der Waals surface area contributed by atoms with Crippen molar-refractivity contribution in [2.24, 2.45) is 0 Å². The zero-order chi connectivity index (χ0) is 12.1. The highest BCUT2D eigenvalue weighted by Gasteiger charge is 2.08. The Morgan fingerprint density at radius 2 is 2.29 bits per heavy atom. The molecule has 1 heterocycles. The molecule has 0 unspecified atom stereocenters. The van der Waals surface area contributed by atoms with Gasteiger partial charge in [0.2, 0.25) is 0 Å². The van der Waals surface area contributed by atoms with E-state index in [-0.39, 0.29) is 11.3 Å². The predicted octanol–water partition coefficient (Wildman–Crippen LogP) is 1.97. The second-order valence-corrected chi connectivity index (χ2v) is 3.34. The zero-order valence-corrected chi connectivity index (χ0v) is 9.01. The fourth-order valence-corrected chi connectivity index (χ4v) is 1.41. The summed E-state index contributed by atoms with van der Waals surface area (Å²) in [6.45, 7) is 0.883. The van der Waals surface area contributed by atoms with E-state index in [1.807, 2.05) is 6.07 Å². The fourth-order valence-electron chi connectivity index (χ4n) is 1.41. The molecule has 86 valence electrons. The van der Waals surface area contributed by atoms with Crippen LogP contribution in [-0.2, 0) is 6.54 Å². The van der Waals surface area contributed by atoms with E-state index in [1.54, 1.807) is 29.2 Å². The second kappa shape index (κ2) is 5.12. The van der Waals surface area contributed by atoms with E-state index in [0.717, 1.165) is 0 Å². The molecule has 0 radical (unpaired) electrons. The van der Waals surface area contributed by atoms with E-state index in [2.05, 4.69) is 5.10 Å². The van der Waals surface area contributed by atoms with Crippen LogP contribution in [0.15, 0.2) is 36.7 Å². The van der Waals surface area contributed by atoms with Gasteiger partial charge in [0.05, 0.1) is 6.54 Å². The van der Waals surface area contributed by atoms with Crippen molar-refractivity contribution in [3.63, 3.8) is 0 Å². The van der Waals surface area contributed by atoms with Crippen LogP contribution >= 0.6 is 0 Å². The smallest absolute Gasteiger partial charge is 0.144 e. The molecule has 0 N–H and O–H groups in total. The Balaban J connectivity index is 2.00. The maximum absolute atomic E-state index is 13.2. The van der Waals surface area contributed by atoms with Gasteiger partial charge in [-0.3, -0.25) is 4.68 Å². The molecule has 2 aromatic rings. The minimum atomic E-state index is -0.566. The minimum absolute atomic E-state index is 0.0621. The molecule has 2 rings (SSSR count). The van der Waals surface area contributed by atoms with Gasteiger partial charge in [-0.1, -0.05) is 6.07 Å². The third kappa shape index (κ3) is 2.61. The lowest BCUT2D eigenvalue weighted by Gasteiger charge is -2.08. The van der Waals surface area contributed by atoms with Gasteiger partial charge in [0.1, 0.15) is 29.8 Å². The fraction of sp³-hybridized carbons (Fsp3) is 0.167. The molecule has 0 bridgehead atoms. The molecule has 0 saturated heterocycles. The number of nitriles is 1. The molecular weight excluding hydrogens is 221 g/mol. The standard InChI is InChI=1S/C12H10FN3O/c13-11-3-1-4-12(10(11)9-14)17-8-7-16-6-2-5-15-16/h1-6H,7-8H2. The quantitative estimate of drug-likeness (QED) is 0.808. The van der Waals surface area contributed by atoms with E-state index in [1.165, 1.54) is 12.1 Å². The molecule has 1 aromatic carbocycles. The predicted molar refractivity (Wildman–Crippen MR) is 58.8 cm³/mol. The van der Waals surface area contributed by atoms with E-state index >= 15 is 0 Å². The molecule has 0 amide bonds. The van der Waals surface area contributed by atoms with E-state index in [4.69, 9.17) is 10.00 Å². The SMILES string of the molecule is N#Cc1c(F)cccc1OCCn1cccn1. The monoisotopic (exact) mass is 231 g/mol. The molecule has 0 saturated carbocycles. The molecule has 0 aliphatic carbocycles. The average Bonchev–Trinajstić information content (AvgIpc) is 2.82. The van der Waals surface area contributed by atoms with Crippen LogP contribution in [0.4, 0.5) is 4.39 Å². The molecule has 0 aliphatic heterocycles. The first kappa shape index (κ1) is 11.1. The van der Waals surface area contributed by atoms with Crippen molar-refractivity contribution >= 4 is 0 Å². The molecule has 0 spiro atoms. The summed E-state index contributed by atoms with van der Waals surface area (Å²) in [6, 6.07) is 7.92. The summed E-state index contributed by atoms with van der Waals surface area (Å²) in [5, 5.41) is 12.8. The number of halogens is 1. The maximum atomic E-state index is 13.2. The van der Waals surface area contributed by atoms with Crippen molar-refractivity contribution in [1.29, 1.82) is 5.26 Å². The van der Waals surface area contributed by atoms with Gasteiger partial charge in [-0.05, 0) is 18.2 Å². The zero-order valence-electron chi connectivity index (χ0n) is 9.01. The number of hydrogen-bond donors (Lipinski definition) is 0. The van der Waals surface area contributed by atoms with Crippen LogP contribution in [0.1, 0.15) is 5.56 Å². The largest absolute Gasteiger partial charge is 0.490 e. The first-order valence-corrected chi connectivity index (χ1v) is 5.10. The van der Waals surface area contributed by atoms with Gasteiger partial charge < -0.3 is 4.74 Å². The molecule has 0 atom stereocenters. The van der Waals surface area contributed by atoms with Crippen LogP contribution in [0.25, 0.3) is 0 Å². The molecule has 17 heavy (non-hydrogen) atoms. The maximum Gasteiger partial charge on any atom is 0.144 e. The van der Waals surface area contributed by atoms with Crippen molar-refractivity contribution < 1.29 is 9.13 Å². The summed E-state index contributed by atoms with van der Waals surface area (Å²) in [5.41, 5.74) is -0.0621. The Morgan fingerprint density at radius 1 is 1.41 bits per heavy atom. The van der Waals surface area contributed by atoms with Gasteiger partial charge in [-0.25, -0.2) is 4.39 Å². The highest BCUT2D eigenvalue weighted by molar-refractivity contribution is 5.43. The van der Waals surface area contributed by atoms with Crippen LogP contribution in [0.5, 0.6) is 5.75 Å². The van der Waals surface area contributed by atoms with Crippen LogP contribution in [0.2, 0.25) is 0 Å². The van der Waals surface area contributed by atoms with Gasteiger partial charge in [-0.15, -0.1) is 0 Å². The Hall–Kier alpha value is -2.35. The Bertz CT molecular complexity index is 531. The molecule has 1 aromatic heterocycles. The summed E-state index contributed by atoms with van der Waals surface area (Å²) in [6.07, 6.45) is 3.48. The number of aromatic nitrogens is 2. The summed E-state index contributed by atoms with van der Waals surface area (Å²) in [4.78, 5) is 0. The number of nitrogens with zero attached hydrogens (tertiary/aromatic N) is 3. The normalized spacial score (nSPS) is 9.88. The third-order valence-corrected chi connectivity index (χ3v) is 2.22. The minimum Gasteiger partial charge on any atom is -0.490 e. The van der Waals surface area contributed by atoms with Gasteiger partial charge in [-0.2, -0.15) is 10.4 Å². The highest BCUT2D eigenvalue weighted by atomic mass is 19.1. The molecular formula is C12H10FN3O. The lowest BCUT2D eigenvalue weighted by atomic mass is 10.2. The second-order valence-electron chi connectivity index (χ2n) is 3.34. The molecule has 0 aliphatic rings. The third-order valence-electron chi connectivity index (χ3n) is 2.22. The van der Waals surface area contributed by atoms with Crippen LogP contribution in [-0.4, -0.2) is 16.4 Å².